The summed E-state index contributed by atoms with van der Waals surface area (Å²) < 4.78 is 5.32. The van der Waals surface area contributed by atoms with Crippen molar-refractivity contribution in [2.24, 2.45) is 0 Å². The molecule has 5 heteroatoms. The lowest BCUT2D eigenvalue weighted by atomic mass is 10.1. The summed E-state index contributed by atoms with van der Waals surface area (Å²) in [6.45, 7) is 2.24. The molecule has 1 fully saturated rings. The van der Waals surface area contributed by atoms with Gasteiger partial charge in [0.1, 0.15) is 5.75 Å². The smallest absolute Gasteiger partial charge is 0.262 e. The zero-order valence-electron chi connectivity index (χ0n) is 15.1. The lowest BCUT2D eigenvalue weighted by Gasteiger charge is -2.28. The first-order valence-corrected chi connectivity index (χ1v) is 9.33. The Morgan fingerprint density at radius 2 is 1.81 bits per heavy atom. The lowest BCUT2D eigenvalue weighted by Crippen LogP contribution is -2.29. The fourth-order valence-corrected chi connectivity index (χ4v) is 3.45. The Labute approximate surface area is 158 Å². The van der Waals surface area contributed by atoms with E-state index in [-0.39, 0.29) is 18.3 Å². The predicted molar refractivity (Wildman–Crippen MR) is 106 cm³/mol. The number of rotatable bonds is 4. The molecular weight excluding hydrogens is 340 g/mol. The fourth-order valence-electron chi connectivity index (χ4n) is 3.45. The van der Waals surface area contributed by atoms with Crippen molar-refractivity contribution >= 4 is 29.1 Å². The van der Waals surface area contributed by atoms with E-state index in [1.807, 2.05) is 18.2 Å². The molecule has 0 radical (unpaired) electrons. The van der Waals surface area contributed by atoms with Gasteiger partial charge in [0.25, 0.3) is 5.91 Å². The number of amides is 1. The topological polar surface area (TPSA) is 58.6 Å². The summed E-state index contributed by atoms with van der Waals surface area (Å²) in [6.07, 6.45) is 7.20. The second kappa shape index (κ2) is 7.66. The molecule has 1 N–H and O–H groups in total. The minimum Gasteiger partial charge on any atom is -0.482 e. The van der Waals surface area contributed by atoms with Gasteiger partial charge in [-0.15, -0.1) is 0 Å². The Morgan fingerprint density at radius 3 is 2.59 bits per heavy atom. The van der Waals surface area contributed by atoms with Gasteiger partial charge in [-0.05, 0) is 61.2 Å². The van der Waals surface area contributed by atoms with Crippen LogP contribution in [0, 0.1) is 0 Å². The van der Waals surface area contributed by atoms with E-state index in [0.29, 0.717) is 17.0 Å². The number of fused-ring (bicyclic) bond motifs is 1. The van der Waals surface area contributed by atoms with E-state index in [1.54, 1.807) is 24.3 Å². The molecule has 0 aromatic heterocycles. The Bertz CT molecular complexity index is 881. The average molecular weight is 362 g/mol. The van der Waals surface area contributed by atoms with Crippen LogP contribution in [0.1, 0.15) is 35.2 Å². The second-order valence-corrected chi connectivity index (χ2v) is 6.88. The van der Waals surface area contributed by atoms with Crippen LogP contribution in [0.5, 0.6) is 5.75 Å². The van der Waals surface area contributed by atoms with Gasteiger partial charge in [0.05, 0.1) is 5.69 Å². The highest BCUT2D eigenvalue weighted by atomic mass is 16.5. The zero-order valence-corrected chi connectivity index (χ0v) is 15.1. The van der Waals surface area contributed by atoms with Gasteiger partial charge in [-0.1, -0.05) is 18.2 Å². The van der Waals surface area contributed by atoms with E-state index in [2.05, 4.69) is 22.3 Å². The summed E-state index contributed by atoms with van der Waals surface area (Å²) in [5, 5.41) is 2.72. The molecule has 0 spiro atoms. The van der Waals surface area contributed by atoms with Gasteiger partial charge in [0.15, 0.2) is 12.4 Å². The minimum absolute atomic E-state index is 0.00756. The van der Waals surface area contributed by atoms with Crippen molar-refractivity contribution in [3.63, 3.8) is 0 Å². The van der Waals surface area contributed by atoms with Crippen molar-refractivity contribution in [3.8, 4) is 5.75 Å². The van der Waals surface area contributed by atoms with E-state index in [9.17, 15) is 9.59 Å². The molecule has 5 nitrogen and oxygen atoms in total. The van der Waals surface area contributed by atoms with Crippen molar-refractivity contribution in [1.29, 1.82) is 0 Å². The van der Waals surface area contributed by atoms with Crippen LogP contribution < -0.4 is 15.0 Å². The molecule has 0 atom stereocenters. The summed E-state index contributed by atoms with van der Waals surface area (Å²) >= 11 is 0. The van der Waals surface area contributed by atoms with E-state index in [4.69, 9.17) is 4.74 Å². The highest BCUT2D eigenvalue weighted by Gasteiger charge is 2.17. The maximum Gasteiger partial charge on any atom is 0.262 e. The molecule has 2 heterocycles. The molecule has 2 aliphatic heterocycles. The number of carbonyl (C=O) groups is 2. The number of piperidine rings is 1. The number of allylic oxidation sites excluding steroid dienone is 1. The average Bonchev–Trinajstić information content (AvgIpc) is 2.72. The van der Waals surface area contributed by atoms with Crippen LogP contribution in [0.25, 0.3) is 6.08 Å². The molecule has 4 rings (SSSR count). The standard InChI is InChI=1S/C22H22N2O3/c25-20(17-7-11-21-19(14-17)23-22(26)15-27-21)10-6-16-4-8-18(9-5-16)24-12-2-1-3-13-24/h4-11,14H,1-3,12-13,15H2,(H,23,26)/b10-6+. The summed E-state index contributed by atoms with van der Waals surface area (Å²) in [5.41, 5.74) is 3.28. The summed E-state index contributed by atoms with van der Waals surface area (Å²) in [5.74, 6) is 0.262. The molecule has 1 amide bonds. The van der Waals surface area contributed by atoms with Gasteiger partial charge in [-0.3, -0.25) is 9.59 Å². The van der Waals surface area contributed by atoms with Crippen molar-refractivity contribution in [1.82, 2.24) is 0 Å². The van der Waals surface area contributed by atoms with Crippen molar-refractivity contribution in [2.75, 3.05) is 29.9 Å². The fraction of sp³-hybridized carbons (Fsp3) is 0.273. The molecule has 27 heavy (non-hydrogen) atoms. The van der Waals surface area contributed by atoms with E-state index < -0.39 is 0 Å². The number of ether oxygens (including phenoxy) is 1. The molecule has 0 unspecified atom stereocenters. The van der Waals surface area contributed by atoms with Crippen LogP contribution in [-0.2, 0) is 4.79 Å². The molecule has 2 aromatic rings. The van der Waals surface area contributed by atoms with Crippen LogP contribution in [-0.4, -0.2) is 31.4 Å². The van der Waals surface area contributed by atoms with Crippen LogP contribution in [0.3, 0.4) is 0 Å². The van der Waals surface area contributed by atoms with Crippen molar-refractivity contribution < 1.29 is 14.3 Å². The van der Waals surface area contributed by atoms with Gasteiger partial charge in [0.2, 0.25) is 0 Å². The first-order valence-electron chi connectivity index (χ1n) is 9.33. The van der Waals surface area contributed by atoms with E-state index in [0.717, 1.165) is 18.7 Å². The Kier molecular flexibility index (Phi) is 4.92. The summed E-state index contributed by atoms with van der Waals surface area (Å²) in [7, 11) is 0. The van der Waals surface area contributed by atoms with Crippen LogP contribution >= 0.6 is 0 Å². The van der Waals surface area contributed by atoms with Gasteiger partial charge in [-0.25, -0.2) is 0 Å². The molecular formula is C22H22N2O3. The van der Waals surface area contributed by atoms with Crippen molar-refractivity contribution in [2.45, 2.75) is 19.3 Å². The first kappa shape index (κ1) is 17.3. The Morgan fingerprint density at radius 1 is 1.04 bits per heavy atom. The highest BCUT2D eigenvalue weighted by Crippen LogP contribution is 2.28. The molecule has 2 aliphatic rings. The highest BCUT2D eigenvalue weighted by molar-refractivity contribution is 6.08. The molecule has 0 saturated carbocycles. The third-order valence-electron chi connectivity index (χ3n) is 4.94. The molecule has 2 aromatic carbocycles. The lowest BCUT2D eigenvalue weighted by molar-refractivity contribution is -0.118. The van der Waals surface area contributed by atoms with E-state index in [1.165, 1.54) is 24.9 Å². The Balaban J connectivity index is 1.44. The Hall–Kier alpha value is -3.08. The summed E-state index contributed by atoms with van der Waals surface area (Å²) in [4.78, 5) is 26.3. The quantitative estimate of drug-likeness (QED) is 0.662. The molecule has 0 aliphatic carbocycles. The van der Waals surface area contributed by atoms with Crippen molar-refractivity contribution in [3.05, 3.63) is 59.7 Å². The number of nitrogens with zero attached hydrogens (tertiary/aromatic N) is 1. The normalized spacial score (nSPS) is 16.6. The largest absolute Gasteiger partial charge is 0.482 e. The number of nitrogens with one attached hydrogen (secondary N) is 1. The number of ketones is 1. The van der Waals surface area contributed by atoms with Crippen LogP contribution in [0.15, 0.2) is 48.5 Å². The van der Waals surface area contributed by atoms with Crippen LogP contribution in [0.4, 0.5) is 11.4 Å². The third-order valence-corrected chi connectivity index (χ3v) is 4.94. The maximum absolute atomic E-state index is 12.5. The minimum atomic E-state index is -0.212. The predicted octanol–water partition coefficient (Wildman–Crippen LogP) is 3.90. The van der Waals surface area contributed by atoms with Gasteiger partial charge in [-0.2, -0.15) is 0 Å². The number of hydrogen-bond acceptors (Lipinski definition) is 4. The molecule has 138 valence electrons. The van der Waals surface area contributed by atoms with Crippen LogP contribution in [0.2, 0.25) is 0 Å². The molecule has 0 bridgehead atoms. The number of hydrogen-bond donors (Lipinski definition) is 1. The van der Waals surface area contributed by atoms with Gasteiger partial charge >= 0.3 is 0 Å². The van der Waals surface area contributed by atoms with Gasteiger partial charge < -0.3 is 15.0 Å². The SMILES string of the molecule is O=C1COc2ccc(C(=O)/C=C/c3ccc(N4CCCCC4)cc3)cc2N1. The maximum atomic E-state index is 12.5. The number of anilines is 2. The molecule has 1 saturated heterocycles. The van der Waals surface area contributed by atoms with E-state index >= 15 is 0 Å². The monoisotopic (exact) mass is 362 g/mol. The third kappa shape index (κ3) is 4.03. The van der Waals surface area contributed by atoms with Gasteiger partial charge in [0, 0.05) is 24.3 Å². The number of carbonyl (C=O) groups excluding carboxylic acids is 2. The zero-order chi connectivity index (χ0) is 18.6. The number of benzene rings is 2. The first-order chi connectivity index (χ1) is 13.2. The second-order valence-electron chi connectivity index (χ2n) is 6.88. The summed E-state index contributed by atoms with van der Waals surface area (Å²) in [6, 6.07) is 13.4.